The van der Waals surface area contributed by atoms with Crippen molar-refractivity contribution in [3.05, 3.63) is 53.5 Å². The van der Waals surface area contributed by atoms with Crippen LogP contribution in [0.1, 0.15) is 18.5 Å². The number of benzene rings is 2. The van der Waals surface area contributed by atoms with Crippen molar-refractivity contribution in [2.45, 2.75) is 31.5 Å². The molecule has 1 aromatic heterocycles. The lowest BCUT2D eigenvalue weighted by Gasteiger charge is -2.37. The lowest BCUT2D eigenvalue weighted by Crippen LogP contribution is -2.51. The maximum Gasteiger partial charge on any atom is 0.320 e. The van der Waals surface area contributed by atoms with Gasteiger partial charge in [-0.25, -0.2) is 31.1 Å². The van der Waals surface area contributed by atoms with Gasteiger partial charge in [-0.3, -0.25) is 0 Å². The molecule has 0 radical (unpaired) electrons. The monoisotopic (exact) mass is 494 g/mol. The van der Waals surface area contributed by atoms with Gasteiger partial charge in [0.2, 0.25) is 10.0 Å². The standard InChI is InChI=1S/C22H21F3N4O4S/c1-34(31,32)27-13-9-14-5-6-28(22(30)29(14)10-13)11-18-21-15(3-2-4-19(21)33-26-18)20-16(24)7-12(23)8-17(20)25/h2-4,7-8,13-14,27H,5-6,9-11H2,1H3/t13-,14+/m0/s1. The summed E-state index contributed by atoms with van der Waals surface area (Å²) in [4.78, 5) is 16.3. The van der Waals surface area contributed by atoms with Crippen LogP contribution in [0.25, 0.3) is 22.1 Å². The van der Waals surface area contributed by atoms with Gasteiger partial charge in [0.15, 0.2) is 5.58 Å². The molecule has 2 fully saturated rings. The molecule has 5 rings (SSSR count). The Hall–Kier alpha value is -3.12. The van der Waals surface area contributed by atoms with E-state index < -0.39 is 33.0 Å². The van der Waals surface area contributed by atoms with Crippen LogP contribution >= 0.6 is 0 Å². The molecule has 12 heteroatoms. The number of rotatable bonds is 5. The van der Waals surface area contributed by atoms with Crippen molar-refractivity contribution in [2.75, 3.05) is 19.3 Å². The normalized spacial score (nSPS) is 20.9. The molecular weight excluding hydrogens is 473 g/mol. The first-order valence-electron chi connectivity index (χ1n) is 10.7. The average Bonchev–Trinajstić information content (AvgIpc) is 3.33. The van der Waals surface area contributed by atoms with E-state index in [1.54, 1.807) is 21.9 Å². The van der Waals surface area contributed by atoms with Gasteiger partial charge >= 0.3 is 6.03 Å². The molecule has 0 saturated carbocycles. The number of sulfonamides is 1. The minimum Gasteiger partial charge on any atom is -0.356 e. The highest BCUT2D eigenvalue weighted by Crippen LogP contribution is 2.36. The largest absolute Gasteiger partial charge is 0.356 e. The van der Waals surface area contributed by atoms with Crippen molar-refractivity contribution in [3.8, 4) is 11.1 Å². The molecule has 2 amide bonds. The molecule has 0 spiro atoms. The maximum absolute atomic E-state index is 14.5. The summed E-state index contributed by atoms with van der Waals surface area (Å²) in [6.07, 6.45) is 2.25. The highest BCUT2D eigenvalue weighted by molar-refractivity contribution is 7.88. The summed E-state index contributed by atoms with van der Waals surface area (Å²) >= 11 is 0. The summed E-state index contributed by atoms with van der Waals surface area (Å²) in [6.45, 7) is 0.686. The number of carbonyl (C=O) groups is 1. The first-order chi connectivity index (χ1) is 16.1. The molecule has 2 aliphatic rings. The Bertz CT molecular complexity index is 1370. The molecule has 2 aromatic carbocycles. The molecule has 0 bridgehead atoms. The van der Waals surface area contributed by atoms with Gasteiger partial charge in [0.1, 0.15) is 23.1 Å². The molecule has 1 N–H and O–H groups in total. The third kappa shape index (κ3) is 4.11. The van der Waals surface area contributed by atoms with Crippen LogP contribution in [0.15, 0.2) is 34.9 Å². The molecule has 2 saturated heterocycles. The number of fused-ring (bicyclic) bond motifs is 2. The Morgan fingerprint density at radius 3 is 2.65 bits per heavy atom. The zero-order chi connectivity index (χ0) is 24.2. The number of amides is 2. The van der Waals surface area contributed by atoms with E-state index in [2.05, 4.69) is 9.88 Å². The van der Waals surface area contributed by atoms with Crippen LogP contribution in [0, 0.1) is 17.5 Å². The highest BCUT2D eigenvalue weighted by Gasteiger charge is 2.41. The third-order valence-electron chi connectivity index (χ3n) is 6.23. The fourth-order valence-corrected chi connectivity index (χ4v) is 5.67. The van der Waals surface area contributed by atoms with E-state index in [4.69, 9.17) is 4.52 Å². The highest BCUT2D eigenvalue weighted by atomic mass is 32.2. The zero-order valence-electron chi connectivity index (χ0n) is 18.1. The van der Waals surface area contributed by atoms with Crippen molar-refractivity contribution < 1.29 is 30.9 Å². The van der Waals surface area contributed by atoms with Gasteiger partial charge in [0.25, 0.3) is 0 Å². The Morgan fingerprint density at radius 1 is 1.21 bits per heavy atom. The zero-order valence-corrected chi connectivity index (χ0v) is 18.9. The van der Waals surface area contributed by atoms with E-state index in [9.17, 15) is 26.4 Å². The Balaban J connectivity index is 1.44. The lowest BCUT2D eigenvalue weighted by molar-refractivity contribution is 0.113. The van der Waals surface area contributed by atoms with Gasteiger partial charge < -0.3 is 14.3 Å². The van der Waals surface area contributed by atoms with Crippen molar-refractivity contribution in [1.29, 1.82) is 0 Å². The second-order valence-electron chi connectivity index (χ2n) is 8.67. The van der Waals surface area contributed by atoms with Crippen LogP contribution in [0.3, 0.4) is 0 Å². The van der Waals surface area contributed by atoms with E-state index in [-0.39, 0.29) is 42.4 Å². The maximum atomic E-state index is 14.5. The minimum atomic E-state index is -3.40. The molecular formula is C22H21F3N4O4S. The van der Waals surface area contributed by atoms with Crippen LogP contribution < -0.4 is 4.72 Å². The lowest BCUT2D eigenvalue weighted by atomic mass is 9.98. The Labute approximate surface area is 193 Å². The Morgan fingerprint density at radius 2 is 1.94 bits per heavy atom. The predicted molar refractivity (Wildman–Crippen MR) is 117 cm³/mol. The van der Waals surface area contributed by atoms with Crippen LogP contribution in [0.5, 0.6) is 0 Å². The smallest absolute Gasteiger partial charge is 0.320 e. The number of halogens is 3. The van der Waals surface area contributed by atoms with Crippen LogP contribution in [0.4, 0.5) is 18.0 Å². The average molecular weight is 494 g/mol. The number of carbonyl (C=O) groups excluding carboxylic acids is 1. The number of hydrogen-bond donors (Lipinski definition) is 1. The van der Waals surface area contributed by atoms with E-state index >= 15 is 0 Å². The first kappa shape index (κ1) is 22.7. The summed E-state index contributed by atoms with van der Waals surface area (Å²) in [5, 5.41) is 4.37. The van der Waals surface area contributed by atoms with Gasteiger partial charge in [-0.15, -0.1) is 0 Å². The molecule has 0 unspecified atom stereocenters. The summed E-state index contributed by atoms with van der Waals surface area (Å²) in [5.74, 6) is -3.15. The summed E-state index contributed by atoms with van der Waals surface area (Å²) in [5.41, 5.74) is 0.322. The number of nitrogens with one attached hydrogen (secondary N) is 1. The Kier molecular flexibility index (Phi) is 5.52. The molecule has 180 valence electrons. The number of nitrogens with zero attached hydrogens (tertiary/aromatic N) is 3. The van der Waals surface area contributed by atoms with Crippen LogP contribution in [-0.2, 0) is 16.6 Å². The van der Waals surface area contributed by atoms with Gasteiger partial charge in [0, 0.05) is 42.9 Å². The molecule has 0 aliphatic carbocycles. The first-order valence-corrected chi connectivity index (χ1v) is 12.5. The summed E-state index contributed by atoms with van der Waals surface area (Å²) in [6, 6.07) is 5.12. The second kappa shape index (κ2) is 8.27. The SMILES string of the molecule is CS(=O)(=O)N[C@H]1C[C@H]2CCN(Cc3noc4cccc(-c5c(F)cc(F)cc5F)c34)C(=O)N2C1. The van der Waals surface area contributed by atoms with Gasteiger partial charge in [0.05, 0.1) is 23.8 Å². The quantitative estimate of drug-likeness (QED) is 0.588. The fourth-order valence-electron chi connectivity index (χ4n) is 4.89. The van der Waals surface area contributed by atoms with Gasteiger partial charge in [-0.05, 0) is 18.9 Å². The molecule has 2 aliphatic heterocycles. The molecule has 3 aromatic rings. The number of aromatic nitrogens is 1. The van der Waals surface area contributed by atoms with E-state index in [1.807, 2.05) is 0 Å². The van der Waals surface area contributed by atoms with Crippen molar-refractivity contribution in [3.63, 3.8) is 0 Å². The summed E-state index contributed by atoms with van der Waals surface area (Å²) in [7, 11) is -3.40. The number of hydrogen-bond acceptors (Lipinski definition) is 5. The second-order valence-corrected chi connectivity index (χ2v) is 10.5. The van der Waals surface area contributed by atoms with Crippen molar-refractivity contribution in [2.24, 2.45) is 0 Å². The summed E-state index contributed by atoms with van der Waals surface area (Å²) < 4.78 is 73.6. The number of urea groups is 1. The molecule has 2 atom stereocenters. The van der Waals surface area contributed by atoms with Crippen molar-refractivity contribution >= 4 is 27.0 Å². The van der Waals surface area contributed by atoms with E-state index in [0.717, 1.165) is 6.26 Å². The van der Waals surface area contributed by atoms with Gasteiger partial charge in [-0.1, -0.05) is 17.3 Å². The molecule has 3 heterocycles. The minimum absolute atomic E-state index is 0.0284. The molecule has 34 heavy (non-hydrogen) atoms. The van der Waals surface area contributed by atoms with Gasteiger partial charge in [-0.2, -0.15) is 0 Å². The van der Waals surface area contributed by atoms with E-state index in [1.165, 1.54) is 6.07 Å². The topological polar surface area (TPSA) is 95.7 Å². The molecule has 8 nitrogen and oxygen atoms in total. The van der Waals surface area contributed by atoms with Crippen molar-refractivity contribution in [1.82, 2.24) is 19.7 Å². The predicted octanol–water partition coefficient (Wildman–Crippen LogP) is 3.23. The van der Waals surface area contributed by atoms with Crippen LogP contribution in [0.2, 0.25) is 0 Å². The van der Waals surface area contributed by atoms with E-state index in [0.29, 0.717) is 42.6 Å². The third-order valence-corrected chi connectivity index (χ3v) is 6.99. The fraction of sp³-hybridized carbons (Fsp3) is 0.364. The van der Waals surface area contributed by atoms with Crippen LogP contribution in [-0.4, -0.2) is 60.8 Å².